The fourth-order valence-corrected chi connectivity index (χ4v) is 4.85. The fraction of sp³-hybridized carbons (Fsp3) is 0.174. The highest BCUT2D eigenvalue weighted by molar-refractivity contribution is 7.14. The molecule has 6 nitrogen and oxygen atoms in total. The van der Waals surface area contributed by atoms with Crippen LogP contribution in [0.1, 0.15) is 40.3 Å². The molecule has 8 heteroatoms. The molecule has 2 aromatic carbocycles. The molecule has 156 valence electrons. The molecule has 3 heterocycles. The fourth-order valence-electron chi connectivity index (χ4n) is 3.85. The van der Waals surface area contributed by atoms with E-state index in [4.69, 9.17) is 20.8 Å². The van der Waals surface area contributed by atoms with Crippen molar-refractivity contribution in [2.45, 2.75) is 19.9 Å². The summed E-state index contributed by atoms with van der Waals surface area (Å²) in [5.41, 5.74) is 1.85. The monoisotopic (exact) mass is 452 g/mol. The van der Waals surface area contributed by atoms with Gasteiger partial charge in [-0.1, -0.05) is 23.7 Å². The SMILES string of the molecule is CCOc1cccc([C@@H]2c3c(oc4ccc(Cl)cc4c3=O)C(=O)N2c2nc(C)cs2)c1. The molecule has 31 heavy (non-hydrogen) atoms. The van der Waals surface area contributed by atoms with E-state index in [2.05, 4.69) is 4.98 Å². The largest absolute Gasteiger partial charge is 0.494 e. The number of aryl methyl sites for hydroxylation is 1. The summed E-state index contributed by atoms with van der Waals surface area (Å²) in [4.78, 5) is 33.0. The molecule has 0 aliphatic carbocycles. The number of hydrogen-bond donors (Lipinski definition) is 0. The number of fused-ring (bicyclic) bond motifs is 2. The Balaban J connectivity index is 1.80. The summed E-state index contributed by atoms with van der Waals surface area (Å²) in [6, 6.07) is 11.5. The first-order valence-corrected chi connectivity index (χ1v) is 11.0. The van der Waals surface area contributed by atoms with Crippen molar-refractivity contribution in [2.24, 2.45) is 0 Å². The molecule has 1 amide bonds. The summed E-state index contributed by atoms with van der Waals surface area (Å²) in [7, 11) is 0. The molecule has 1 atom stereocenters. The summed E-state index contributed by atoms with van der Waals surface area (Å²) in [6.07, 6.45) is 0. The van der Waals surface area contributed by atoms with Crippen molar-refractivity contribution in [3.8, 4) is 5.75 Å². The van der Waals surface area contributed by atoms with Gasteiger partial charge in [-0.3, -0.25) is 14.5 Å². The van der Waals surface area contributed by atoms with E-state index < -0.39 is 11.9 Å². The van der Waals surface area contributed by atoms with Crippen LogP contribution in [0.25, 0.3) is 11.0 Å². The number of carbonyl (C=O) groups is 1. The number of amides is 1. The topological polar surface area (TPSA) is 72.6 Å². The summed E-state index contributed by atoms with van der Waals surface area (Å²) in [6.45, 7) is 4.26. The molecular weight excluding hydrogens is 436 g/mol. The Bertz CT molecular complexity index is 1390. The second-order valence-electron chi connectivity index (χ2n) is 7.17. The first-order chi connectivity index (χ1) is 15.0. The van der Waals surface area contributed by atoms with E-state index in [1.54, 1.807) is 18.2 Å². The Morgan fingerprint density at radius 2 is 2.06 bits per heavy atom. The highest BCUT2D eigenvalue weighted by atomic mass is 35.5. The summed E-state index contributed by atoms with van der Waals surface area (Å²) < 4.78 is 11.6. The third-order valence-electron chi connectivity index (χ3n) is 5.13. The van der Waals surface area contributed by atoms with Crippen LogP contribution < -0.4 is 15.1 Å². The number of hydrogen-bond acceptors (Lipinski definition) is 6. The van der Waals surface area contributed by atoms with Crippen LogP contribution in [0.4, 0.5) is 5.13 Å². The van der Waals surface area contributed by atoms with Crippen molar-refractivity contribution in [1.82, 2.24) is 4.98 Å². The molecule has 0 fully saturated rings. The molecular formula is C23H17ClN2O4S. The molecule has 0 bridgehead atoms. The minimum Gasteiger partial charge on any atom is -0.494 e. The molecule has 1 aliphatic rings. The Hall–Kier alpha value is -3.16. The van der Waals surface area contributed by atoms with Gasteiger partial charge < -0.3 is 9.15 Å². The van der Waals surface area contributed by atoms with Gasteiger partial charge >= 0.3 is 0 Å². The Morgan fingerprint density at radius 3 is 2.81 bits per heavy atom. The standard InChI is InChI=1S/C23H17ClN2O4S/c1-3-29-15-6-4-5-13(9-15)19-18-20(27)16-10-14(24)7-8-17(16)30-21(18)22(28)26(19)23-25-12(2)11-31-23/h4-11,19H,3H2,1-2H3/t19-/m1/s1. The van der Waals surface area contributed by atoms with E-state index in [9.17, 15) is 9.59 Å². The van der Waals surface area contributed by atoms with Gasteiger partial charge in [-0.2, -0.15) is 0 Å². The van der Waals surface area contributed by atoms with Gasteiger partial charge in [-0.25, -0.2) is 4.98 Å². The van der Waals surface area contributed by atoms with Gasteiger partial charge in [-0.05, 0) is 49.7 Å². The van der Waals surface area contributed by atoms with E-state index in [0.717, 1.165) is 11.3 Å². The lowest BCUT2D eigenvalue weighted by molar-refractivity contribution is 0.0971. The number of benzene rings is 2. The Morgan fingerprint density at radius 1 is 1.23 bits per heavy atom. The van der Waals surface area contributed by atoms with Gasteiger partial charge in [0.1, 0.15) is 11.3 Å². The van der Waals surface area contributed by atoms with Crippen LogP contribution in [0.15, 0.2) is 57.1 Å². The number of ether oxygens (including phenoxy) is 1. The molecule has 0 saturated carbocycles. The number of thiazole rings is 1. The van der Waals surface area contributed by atoms with Crippen molar-refractivity contribution in [2.75, 3.05) is 11.5 Å². The van der Waals surface area contributed by atoms with Gasteiger partial charge in [-0.15, -0.1) is 11.3 Å². The van der Waals surface area contributed by atoms with Crippen LogP contribution in [0.3, 0.4) is 0 Å². The highest BCUT2D eigenvalue weighted by Gasteiger charge is 2.45. The van der Waals surface area contributed by atoms with Crippen molar-refractivity contribution in [3.05, 3.63) is 85.7 Å². The lowest BCUT2D eigenvalue weighted by Crippen LogP contribution is -2.29. The maximum Gasteiger partial charge on any atom is 0.297 e. The Kier molecular flexibility index (Phi) is 4.79. The zero-order valence-electron chi connectivity index (χ0n) is 16.7. The molecule has 0 unspecified atom stereocenters. The smallest absolute Gasteiger partial charge is 0.297 e. The zero-order chi connectivity index (χ0) is 21.7. The third kappa shape index (κ3) is 3.21. The minimum absolute atomic E-state index is 0.0273. The van der Waals surface area contributed by atoms with Crippen LogP contribution in [0, 0.1) is 6.92 Å². The van der Waals surface area contributed by atoms with E-state index in [-0.39, 0.29) is 16.8 Å². The van der Waals surface area contributed by atoms with E-state index in [1.807, 2.05) is 43.5 Å². The van der Waals surface area contributed by atoms with Crippen LogP contribution in [0.5, 0.6) is 5.75 Å². The minimum atomic E-state index is -0.687. The van der Waals surface area contributed by atoms with Gasteiger partial charge in [0.2, 0.25) is 5.76 Å². The predicted molar refractivity (Wildman–Crippen MR) is 121 cm³/mol. The van der Waals surface area contributed by atoms with Gasteiger partial charge in [0.15, 0.2) is 10.6 Å². The molecule has 1 aliphatic heterocycles. The van der Waals surface area contributed by atoms with E-state index in [0.29, 0.717) is 33.5 Å². The number of rotatable bonds is 4. The van der Waals surface area contributed by atoms with Crippen molar-refractivity contribution >= 4 is 44.9 Å². The average Bonchev–Trinajstić information content (AvgIpc) is 3.30. The average molecular weight is 453 g/mol. The quantitative estimate of drug-likeness (QED) is 0.416. The zero-order valence-corrected chi connectivity index (χ0v) is 18.3. The summed E-state index contributed by atoms with van der Waals surface area (Å²) in [5, 5.41) is 3.13. The number of halogens is 1. The van der Waals surface area contributed by atoms with Crippen LogP contribution >= 0.6 is 22.9 Å². The van der Waals surface area contributed by atoms with Crippen molar-refractivity contribution in [3.63, 3.8) is 0 Å². The maximum absolute atomic E-state index is 13.5. The van der Waals surface area contributed by atoms with E-state index >= 15 is 0 Å². The molecule has 0 N–H and O–H groups in total. The maximum atomic E-state index is 13.5. The first-order valence-electron chi connectivity index (χ1n) is 9.72. The summed E-state index contributed by atoms with van der Waals surface area (Å²) in [5.74, 6) is 0.286. The van der Waals surface area contributed by atoms with Crippen LogP contribution in [0.2, 0.25) is 5.02 Å². The molecule has 2 aromatic heterocycles. The normalized spacial score (nSPS) is 15.5. The number of anilines is 1. The highest BCUT2D eigenvalue weighted by Crippen LogP contribution is 2.42. The molecule has 0 radical (unpaired) electrons. The molecule has 4 aromatic rings. The lowest BCUT2D eigenvalue weighted by atomic mass is 9.98. The lowest BCUT2D eigenvalue weighted by Gasteiger charge is -2.23. The van der Waals surface area contributed by atoms with Crippen LogP contribution in [-0.4, -0.2) is 17.5 Å². The second kappa shape index (κ2) is 7.51. The van der Waals surface area contributed by atoms with Gasteiger partial charge in [0.05, 0.1) is 29.3 Å². The van der Waals surface area contributed by atoms with E-state index in [1.165, 1.54) is 16.2 Å². The number of carbonyl (C=O) groups excluding carboxylic acids is 1. The molecule has 0 saturated heterocycles. The van der Waals surface area contributed by atoms with Crippen molar-refractivity contribution in [1.29, 1.82) is 0 Å². The van der Waals surface area contributed by atoms with Gasteiger partial charge in [0.25, 0.3) is 5.91 Å². The third-order valence-corrected chi connectivity index (χ3v) is 6.32. The van der Waals surface area contributed by atoms with Gasteiger partial charge in [0, 0.05) is 10.4 Å². The number of nitrogens with zero attached hydrogens (tertiary/aromatic N) is 2. The predicted octanol–water partition coefficient (Wildman–Crippen LogP) is 5.36. The number of aromatic nitrogens is 1. The summed E-state index contributed by atoms with van der Waals surface area (Å²) >= 11 is 7.47. The Labute approximate surface area is 186 Å². The molecule has 0 spiro atoms. The second-order valence-corrected chi connectivity index (χ2v) is 8.44. The molecule has 5 rings (SSSR count). The van der Waals surface area contributed by atoms with Crippen molar-refractivity contribution < 1.29 is 13.9 Å². The first kappa shape index (κ1) is 19.8. The van der Waals surface area contributed by atoms with Crippen LogP contribution in [-0.2, 0) is 0 Å².